The predicted molar refractivity (Wildman–Crippen MR) is 123 cm³/mol. The molecule has 3 aromatic rings. The first-order chi connectivity index (χ1) is 14.4. The van der Waals surface area contributed by atoms with Crippen LogP contribution in [0.1, 0.15) is 26.7 Å². The minimum Gasteiger partial charge on any atom is -0.423 e. The van der Waals surface area contributed by atoms with Gasteiger partial charge in [0.05, 0.1) is 17.4 Å². The third-order valence-electron chi connectivity index (χ3n) is 5.53. The number of aliphatic hydroxyl groups is 1. The molecule has 0 aliphatic carbocycles. The maximum absolute atomic E-state index is 13.3. The van der Waals surface area contributed by atoms with E-state index < -0.39 is 11.2 Å². The smallest absolute Gasteiger partial charge is 0.336 e. The molecule has 1 aliphatic heterocycles. The fourth-order valence-electron chi connectivity index (χ4n) is 3.57. The highest BCUT2D eigenvalue weighted by molar-refractivity contribution is 8.39. The lowest BCUT2D eigenvalue weighted by Gasteiger charge is -2.30. The Kier molecular flexibility index (Phi) is 6.04. The summed E-state index contributed by atoms with van der Waals surface area (Å²) in [5.74, 6) is -0.323. The highest BCUT2D eigenvalue weighted by Gasteiger charge is 2.37. The van der Waals surface area contributed by atoms with Crippen molar-refractivity contribution in [1.29, 1.82) is 0 Å². The summed E-state index contributed by atoms with van der Waals surface area (Å²) in [4.78, 5) is 17.6. The van der Waals surface area contributed by atoms with Crippen molar-refractivity contribution < 1.29 is 13.9 Å². The summed E-state index contributed by atoms with van der Waals surface area (Å²) in [6.07, 6.45) is 1.39. The maximum Gasteiger partial charge on any atom is 0.336 e. The first kappa shape index (κ1) is 21.2. The van der Waals surface area contributed by atoms with Crippen LogP contribution in [0.2, 0.25) is 0 Å². The summed E-state index contributed by atoms with van der Waals surface area (Å²) < 4.78 is 19.6. The summed E-state index contributed by atoms with van der Waals surface area (Å²) in [5.41, 5.74) is 0.780. The second kappa shape index (κ2) is 8.57. The second-order valence-electron chi connectivity index (χ2n) is 7.27. The molecule has 1 aliphatic rings. The lowest BCUT2D eigenvalue weighted by atomic mass is 9.93. The molecular weight excluding hydrogens is 421 g/mol. The molecule has 0 radical (unpaired) electrons. The molecule has 1 N–H and O–H groups in total. The van der Waals surface area contributed by atoms with Crippen LogP contribution in [0.25, 0.3) is 22.1 Å². The summed E-state index contributed by atoms with van der Waals surface area (Å²) in [6.45, 7) is 4.60. The minimum atomic E-state index is -0.712. The third-order valence-corrected chi connectivity index (χ3v) is 8.06. The minimum absolute atomic E-state index is 0.0541. The molecule has 0 spiro atoms. The number of thioether (sulfide) groups is 2. The topological polar surface area (TPSA) is 62.8 Å². The van der Waals surface area contributed by atoms with E-state index in [1.807, 2.05) is 32.0 Å². The van der Waals surface area contributed by atoms with E-state index in [4.69, 9.17) is 4.42 Å². The molecule has 0 saturated carbocycles. The third kappa shape index (κ3) is 4.19. The number of aliphatic imine (C=N–C) groups is 1. The van der Waals surface area contributed by atoms with Crippen molar-refractivity contribution in [2.75, 3.05) is 6.54 Å². The Morgan fingerprint density at radius 1 is 1.20 bits per heavy atom. The number of hydrogen-bond acceptors (Lipinski definition) is 6. The Labute approximate surface area is 182 Å². The molecular formula is C23H22FNO3S2. The molecule has 0 fully saturated rings. The van der Waals surface area contributed by atoms with Crippen molar-refractivity contribution in [3.63, 3.8) is 0 Å². The molecule has 0 bridgehead atoms. The van der Waals surface area contributed by atoms with Gasteiger partial charge in [0.2, 0.25) is 0 Å². The van der Waals surface area contributed by atoms with Gasteiger partial charge in [0.15, 0.2) is 0 Å². The number of nitrogens with zero attached hydrogens (tertiary/aromatic N) is 1. The summed E-state index contributed by atoms with van der Waals surface area (Å²) in [7, 11) is 0. The zero-order chi connectivity index (χ0) is 21.3. The van der Waals surface area contributed by atoms with Crippen LogP contribution in [0.4, 0.5) is 4.39 Å². The van der Waals surface area contributed by atoms with Crippen molar-refractivity contribution in [3.05, 3.63) is 64.8 Å². The second-order valence-corrected chi connectivity index (χ2v) is 9.78. The number of rotatable bonds is 5. The van der Waals surface area contributed by atoms with Crippen molar-refractivity contribution in [2.45, 2.75) is 42.4 Å². The molecule has 1 aromatic heterocycles. The van der Waals surface area contributed by atoms with Crippen molar-refractivity contribution in [1.82, 2.24) is 0 Å². The van der Waals surface area contributed by atoms with E-state index in [0.29, 0.717) is 30.5 Å². The van der Waals surface area contributed by atoms with Gasteiger partial charge in [0, 0.05) is 16.3 Å². The van der Waals surface area contributed by atoms with Crippen LogP contribution in [0.15, 0.2) is 67.6 Å². The lowest BCUT2D eigenvalue weighted by molar-refractivity contribution is 0.0329. The van der Waals surface area contributed by atoms with Crippen LogP contribution < -0.4 is 5.63 Å². The average molecular weight is 444 g/mol. The normalized spacial score (nSPS) is 16.8. The average Bonchev–Trinajstić information content (AvgIpc) is 3.22. The lowest BCUT2D eigenvalue weighted by Crippen LogP contribution is -2.39. The number of halogens is 1. The molecule has 4 rings (SSSR count). The van der Waals surface area contributed by atoms with Gasteiger partial charge in [-0.15, -0.1) is 0 Å². The molecule has 0 saturated heterocycles. The van der Waals surface area contributed by atoms with Crippen LogP contribution in [-0.2, 0) is 0 Å². The van der Waals surface area contributed by atoms with Gasteiger partial charge in [0.1, 0.15) is 15.8 Å². The molecule has 2 heterocycles. The highest BCUT2D eigenvalue weighted by Crippen LogP contribution is 2.40. The fourth-order valence-corrected chi connectivity index (χ4v) is 6.14. The van der Waals surface area contributed by atoms with Gasteiger partial charge in [-0.2, -0.15) is 0 Å². The first-order valence-corrected chi connectivity index (χ1v) is 11.6. The molecule has 0 amide bonds. The standard InChI is InChI=1S/C23H22FNO3S2/c1-3-23(27,4-2)20-13-25-22(30-20)29-16-9-10-17-18(12-21(26)28-19(17)11-16)14-5-7-15(24)8-6-14/h5-12,20,27H,3-4,13H2,1-2H3. The monoisotopic (exact) mass is 443 g/mol. The van der Waals surface area contributed by atoms with Crippen LogP contribution >= 0.6 is 23.5 Å². The first-order valence-electron chi connectivity index (χ1n) is 9.87. The van der Waals surface area contributed by atoms with Crippen LogP contribution in [-0.4, -0.2) is 26.9 Å². The Morgan fingerprint density at radius 3 is 2.63 bits per heavy atom. The predicted octanol–water partition coefficient (Wildman–Crippen LogP) is 5.71. The molecule has 2 aromatic carbocycles. The summed E-state index contributed by atoms with van der Waals surface area (Å²) in [6, 6.07) is 13.2. The SMILES string of the molecule is CCC(O)(CC)C1CN=C(Sc2ccc3c(-c4ccc(F)cc4)cc(=O)oc3c2)S1. The van der Waals surface area contributed by atoms with E-state index >= 15 is 0 Å². The quantitative estimate of drug-likeness (QED) is 0.512. The van der Waals surface area contributed by atoms with Gasteiger partial charge in [-0.3, -0.25) is 4.99 Å². The van der Waals surface area contributed by atoms with Gasteiger partial charge in [-0.25, -0.2) is 9.18 Å². The van der Waals surface area contributed by atoms with E-state index in [1.165, 1.54) is 30.0 Å². The van der Waals surface area contributed by atoms with Crippen molar-refractivity contribution in [3.8, 4) is 11.1 Å². The molecule has 30 heavy (non-hydrogen) atoms. The molecule has 1 atom stereocenters. The molecule has 7 heteroatoms. The van der Waals surface area contributed by atoms with E-state index in [1.54, 1.807) is 23.9 Å². The Balaban J connectivity index is 1.60. The van der Waals surface area contributed by atoms with Gasteiger partial charge in [-0.1, -0.05) is 49.5 Å². The van der Waals surface area contributed by atoms with Crippen LogP contribution in [0.5, 0.6) is 0 Å². The maximum atomic E-state index is 13.3. The fraction of sp³-hybridized carbons (Fsp3) is 0.304. The Morgan fingerprint density at radius 2 is 1.93 bits per heavy atom. The molecule has 156 valence electrons. The molecule has 4 nitrogen and oxygen atoms in total. The summed E-state index contributed by atoms with van der Waals surface area (Å²) >= 11 is 3.11. The summed E-state index contributed by atoms with van der Waals surface area (Å²) in [5, 5.41) is 11.6. The highest BCUT2D eigenvalue weighted by atomic mass is 32.2. The van der Waals surface area contributed by atoms with E-state index in [0.717, 1.165) is 20.2 Å². The largest absolute Gasteiger partial charge is 0.423 e. The van der Waals surface area contributed by atoms with Crippen LogP contribution in [0, 0.1) is 5.82 Å². The Hall–Kier alpha value is -2.09. The van der Waals surface area contributed by atoms with Gasteiger partial charge in [0.25, 0.3) is 0 Å². The van der Waals surface area contributed by atoms with Crippen LogP contribution in [0.3, 0.4) is 0 Å². The molecule has 1 unspecified atom stereocenters. The number of hydrogen-bond donors (Lipinski definition) is 1. The zero-order valence-electron chi connectivity index (χ0n) is 16.7. The van der Waals surface area contributed by atoms with Gasteiger partial charge < -0.3 is 9.52 Å². The van der Waals surface area contributed by atoms with Gasteiger partial charge in [-0.05, 0) is 54.3 Å². The van der Waals surface area contributed by atoms with E-state index in [2.05, 4.69) is 4.99 Å². The van der Waals surface area contributed by atoms with Gasteiger partial charge >= 0.3 is 5.63 Å². The van der Waals surface area contributed by atoms with E-state index in [9.17, 15) is 14.3 Å². The Bertz CT molecular complexity index is 1150. The number of benzene rings is 2. The zero-order valence-corrected chi connectivity index (χ0v) is 18.4. The van der Waals surface area contributed by atoms with E-state index in [-0.39, 0.29) is 11.1 Å². The van der Waals surface area contributed by atoms with Crippen molar-refractivity contribution in [2.24, 2.45) is 4.99 Å². The number of fused-ring (bicyclic) bond motifs is 1. The van der Waals surface area contributed by atoms with Crippen molar-refractivity contribution >= 4 is 38.9 Å².